The number of fused-ring (bicyclic) bond motifs is 1. The molecule has 1 heterocycles. The fourth-order valence-corrected chi connectivity index (χ4v) is 3.05. The number of para-hydroxylation sites is 3. The Hall–Kier alpha value is -3.28. The van der Waals surface area contributed by atoms with Crippen LogP contribution in [0.3, 0.4) is 0 Å². The summed E-state index contributed by atoms with van der Waals surface area (Å²) in [4.78, 5) is 27.6. The van der Waals surface area contributed by atoms with E-state index in [-0.39, 0.29) is 12.4 Å². The number of aromatic amines is 1. The number of ether oxygens (including phenoxy) is 2. The predicted molar refractivity (Wildman–Crippen MR) is 108 cm³/mol. The Morgan fingerprint density at radius 3 is 2.68 bits per heavy atom. The van der Waals surface area contributed by atoms with Crippen LogP contribution in [0.15, 0.2) is 54.7 Å². The molecule has 1 atom stereocenters. The number of amides is 1. The summed E-state index contributed by atoms with van der Waals surface area (Å²) in [5, 5.41) is 3.89. The van der Waals surface area contributed by atoms with Gasteiger partial charge < -0.3 is 19.8 Å². The van der Waals surface area contributed by atoms with Crippen LogP contribution in [0, 0.1) is 0 Å². The molecule has 0 unspecified atom stereocenters. The lowest BCUT2D eigenvalue weighted by Crippen LogP contribution is -2.30. The van der Waals surface area contributed by atoms with Crippen LogP contribution in [0.25, 0.3) is 10.9 Å². The van der Waals surface area contributed by atoms with Crippen molar-refractivity contribution in [3.8, 4) is 5.75 Å². The standard InChI is InChI=1S/C22H24N2O4/c1-15(22(26)24-19-11-5-6-12-20(19)27-2)28-21(25)13-7-8-16-14-23-18-10-4-3-9-17(16)18/h3-6,9-12,14-15,23H,7-8,13H2,1-2H3,(H,24,26)/t15-/m1/s1. The highest BCUT2D eigenvalue weighted by Crippen LogP contribution is 2.23. The number of nitrogens with one attached hydrogen (secondary N) is 2. The van der Waals surface area contributed by atoms with E-state index in [0.717, 1.165) is 11.9 Å². The van der Waals surface area contributed by atoms with Crippen molar-refractivity contribution in [2.24, 2.45) is 0 Å². The first-order valence-electron chi connectivity index (χ1n) is 9.27. The lowest BCUT2D eigenvalue weighted by atomic mass is 10.1. The molecular formula is C22H24N2O4. The lowest BCUT2D eigenvalue weighted by molar-refractivity contribution is -0.153. The molecule has 0 saturated carbocycles. The van der Waals surface area contributed by atoms with Crippen molar-refractivity contribution in [2.75, 3.05) is 12.4 Å². The summed E-state index contributed by atoms with van der Waals surface area (Å²) < 4.78 is 10.5. The minimum atomic E-state index is -0.884. The van der Waals surface area contributed by atoms with Crippen LogP contribution in [-0.4, -0.2) is 30.1 Å². The zero-order chi connectivity index (χ0) is 19.9. The second kappa shape index (κ2) is 9.08. The minimum absolute atomic E-state index is 0.256. The van der Waals surface area contributed by atoms with Gasteiger partial charge in [-0.25, -0.2) is 0 Å². The third kappa shape index (κ3) is 4.71. The van der Waals surface area contributed by atoms with Crippen molar-refractivity contribution in [3.05, 3.63) is 60.3 Å². The van der Waals surface area contributed by atoms with Crippen LogP contribution in [0.4, 0.5) is 5.69 Å². The third-order valence-electron chi connectivity index (χ3n) is 4.54. The molecule has 2 N–H and O–H groups in total. The van der Waals surface area contributed by atoms with Crippen molar-refractivity contribution in [2.45, 2.75) is 32.3 Å². The number of rotatable bonds is 8. The Morgan fingerprint density at radius 2 is 1.86 bits per heavy atom. The molecule has 6 nitrogen and oxygen atoms in total. The normalized spacial score (nSPS) is 11.8. The SMILES string of the molecule is COc1ccccc1NC(=O)[C@@H](C)OC(=O)CCCc1c[nH]c2ccccc12. The predicted octanol–water partition coefficient (Wildman–Crippen LogP) is 4.07. The van der Waals surface area contributed by atoms with Gasteiger partial charge in [0.15, 0.2) is 6.10 Å². The van der Waals surface area contributed by atoms with E-state index in [1.54, 1.807) is 25.1 Å². The number of aromatic nitrogens is 1. The average Bonchev–Trinajstić information content (AvgIpc) is 3.11. The molecule has 0 saturated heterocycles. The second-order valence-electron chi connectivity index (χ2n) is 6.53. The van der Waals surface area contributed by atoms with E-state index in [1.807, 2.05) is 30.5 Å². The number of H-pyrrole nitrogens is 1. The molecule has 0 spiro atoms. The Labute approximate surface area is 163 Å². The fraction of sp³-hybridized carbons (Fsp3) is 0.273. The van der Waals surface area contributed by atoms with E-state index in [0.29, 0.717) is 17.9 Å². The monoisotopic (exact) mass is 380 g/mol. The van der Waals surface area contributed by atoms with Gasteiger partial charge in [-0.05, 0) is 43.5 Å². The number of aryl methyl sites for hydroxylation is 1. The maximum Gasteiger partial charge on any atom is 0.306 e. The van der Waals surface area contributed by atoms with Crippen LogP contribution < -0.4 is 10.1 Å². The molecule has 0 fully saturated rings. The molecular weight excluding hydrogens is 356 g/mol. The van der Waals surface area contributed by atoms with Crippen LogP contribution in [0.1, 0.15) is 25.3 Å². The number of methoxy groups -OCH3 is 1. The number of benzene rings is 2. The Bertz CT molecular complexity index is 964. The first kappa shape index (κ1) is 19.5. The molecule has 0 bridgehead atoms. The lowest BCUT2D eigenvalue weighted by Gasteiger charge is -2.15. The highest BCUT2D eigenvalue weighted by molar-refractivity contribution is 5.96. The van der Waals surface area contributed by atoms with Crippen molar-refractivity contribution >= 4 is 28.5 Å². The number of hydrogen-bond acceptors (Lipinski definition) is 4. The summed E-state index contributed by atoms with van der Waals surface area (Å²) >= 11 is 0. The summed E-state index contributed by atoms with van der Waals surface area (Å²) in [6, 6.07) is 15.1. The fourth-order valence-electron chi connectivity index (χ4n) is 3.05. The summed E-state index contributed by atoms with van der Waals surface area (Å²) in [5.74, 6) is -0.231. The molecule has 1 aromatic heterocycles. The van der Waals surface area contributed by atoms with Gasteiger partial charge in [0.05, 0.1) is 12.8 Å². The maximum absolute atomic E-state index is 12.3. The Morgan fingerprint density at radius 1 is 1.11 bits per heavy atom. The second-order valence-corrected chi connectivity index (χ2v) is 6.53. The number of carbonyl (C=O) groups excluding carboxylic acids is 2. The third-order valence-corrected chi connectivity index (χ3v) is 4.54. The van der Waals surface area contributed by atoms with E-state index in [2.05, 4.69) is 16.4 Å². The molecule has 1 amide bonds. The minimum Gasteiger partial charge on any atom is -0.495 e. The molecule has 0 aliphatic rings. The molecule has 28 heavy (non-hydrogen) atoms. The average molecular weight is 380 g/mol. The number of carbonyl (C=O) groups is 2. The topological polar surface area (TPSA) is 80.4 Å². The largest absolute Gasteiger partial charge is 0.495 e. The first-order valence-corrected chi connectivity index (χ1v) is 9.27. The van der Waals surface area contributed by atoms with Crippen LogP contribution in [-0.2, 0) is 20.7 Å². The molecule has 146 valence electrons. The smallest absolute Gasteiger partial charge is 0.306 e. The summed E-state index contributed by atoms with van der Waals surface area (Å²) in [6.45, 7) is 1.56. The maximum atomic E-state index is 12.3. The number of hydrogen-bond donors (Lipinski definition) is 2. The van der Waals surface area contributed by atoms with Gasteiger partial charge in [-0.1, -0.05) is 30.3 Å². The van der Waals surface area contributed by atoms with Gasteiger partial charge in [0, 0.05) is 23.5 Å². The van der Waals surface area contributed by atoms with Gasteiger partial charge in [-0.2, -0.15) is 0 Å². The molecule has 0 radical (unpaired) electrons. The highest BCUT2D eigenvalue weighted by Gasteiger charge is 2.19. The van der Waals surface area contributed by atoms with Gasteiger partial charge in [-0.15, -0.1) is 0 Å². The van der Waals surface area contributed by atoms with E-state index < -0.39 is 12.0 Å². The zero-order valence-corrected chi connectivity index (χ0v) is 16.0. The van der Waals surface area contributed by atoms with E-state index >= 15 is 0 Å². The zero-order valence-electron chi connectivity index (χ0n) is 16.0. The molecule has 3 rings (SSSR count). The summed E-state index contributed by atoms with van der Waals surface area (Å²) in [7, 11) is 1.53. The molecule has 0 aliphatic heterocycles. The van der Waals surface area contributed by atoms with Crippen LogP contribution >= 0.6 is 0 Å². The van der Waals surface area contributed by atoms with Gasteiger partial charge in [-0.3, -0.25) is 9.59 Å². The molecule has 6 heteroatoms. The van der Waals surface area contributed by atoms with Gasteiger partial charge >= 0.3 is 5.97 Å². The van der Waals surface area contributed by atoms with Gasteiger partial charge in [0.1, 0.15) is 5.75 Å². The highest BCUT2D eigenvalue weighted by atomic mass is 16.5. The Balaban J connectivity index is 1.46. The summed E-state index contributed by atoms with van der Waals surface area (Å²) in [6.07, 6.45) is 2.76. The molecule has 3 aromatic rings. The number of anilines is 1. The number of esters is 1. The van der Waals surface area contributed by atoms with Gasteiger partial charge in [0.2, 0.25) is 0 Å². The first-order chi connectivity index (χ1) is 13.6. The van der Waals surface area contributed by atoms with E-state index in [9.17, 15) is 9.59 Å². The van der Waals surface area contributed by atoms with Crippen molar-refractivity contribution in [1.29, 1.82) is 0 Å². The van der Waals surface area contributed by atoms with Crippen LogP contribution in [0.5, 0.6) is 5.75 Å². The van der Waals surface area contributed by atoms with Gasteiger partial charge in [0.25, 0.3) is 5.91 Å². The van der Waals surface area contributed by atoms with Crippen molar-refractivity contribution in [1.82, 2.24) is 4.98 Å². The van der Waals surface area contributed by atoms with Crippen LogP contribution in [0.2, 0.25) is 0 Å². The van der Waals surface area contributed by atoms with Crippen molar-refractivity contribution in [3.63, 3.8) is 0 Å². The van der Waals surface area contributed by atoms with E-state index in [4.69, 9.17) is 9.47 Å². The molecule has 2 aromatic carbocycles. The van der Waals surface area contributed by atoms with Crippen molar-refractivity contribution < 1.29 is 19.1 Å². The molecule has 0 aliphatic carbocycles. The van der Waals surface area contributed by atoms with E-state index in [1.165, 1.54) is 18.1 Å². The quantitative estimate of drug-likeness (QED) is 0.577. The summed E-state index contributed by atoms with van der Waals surface area (Å²) in [5.41, 5.74) is 2.80. The Kier molecular flexibility index (Phi) is 6.32.